The van der Waals surface area contributed by atoms with E-state index in [1.165, 1.54) is 7.11 Å². The number of carbonyl (C=O) groups excluding carboxylic acids is 1. The molecule has 4 N–H and O–H groups in total. The summed E-state index contributed by atoms with van der Waals surface area (Å²) in [6, 6.07) is -1.52. The fourth-order valence-corrected chi connectivity index (χ4v) is 1.09. The fraction of sp³-hybridized carbons (Fsp3) is 0.875. The molecule has 0 heterocycles. The van der Waals surface area contributed by atoms with E-state index in [9.17, 15) is 18.0 Å². The molecule has 0 saturated carbocycles. The van der Waals surface area contributed by atoms with Crippen LogP contribution in [0.1, 0.15) is 13.8 Å². The van der Waals surface area contributed by atoms with Crippen molar-refractivity contribution in [2.45, 2.75) is 26.1 Å². The predicted octanol–water partition coefficient (Wildman–Crippen LogP) is 0.127. The molecule has 16 heavy (non-hydrogen) atoms. The standard InChI is InChI=1S/C8H16F3N3O2/c1-7(2,8(9,10)11)5(6(15)14-12)13-4-16-3/h5,13H,4,12H2,1-3H3,(H,14,15)/t5-/m1/s1. The quantitative estimate of drug-likeness (QED) is 0.277. The van der Waals surface area contributed by atoms with Crippen LogP contribution in [0.15, 0.2) is 0 Å². The van der Waals surface area contributed by atoms with Gasteiger partial charge in [0.2, 0.25) is 0 Å². The Bertz CT molecular complexity index is 243. The number of hydrogen-bond acceptors (Lipinski definition) is 4. The normalized spacial score (nSPS) is 14.7. The third-order valence-electron chi connectivity index (χ3n) is 2.29. The Morgan fingerprint density at radius 1 is 1.44 bits per heavy atom. The first kappa shape index (κ1) is 15.1. The molecule has 0 bridgehead atoms. The SMILES string of the molecule is COCN[C@H](C(=O)NN)C(C)(C)C(F)(F)F. The molecule has 0 aliphatic heterocycles. The predicted molar refractivity (Wildman–Crippen MR) is 51.0 cm³/mol. The van der Waals surface area contributed by atoms with Crippen molar-refractivity contribution in [3.8, 4) is 0 Å². The highest BCUT2D eigenvalue weighted by atomic mass is 19.4. The number of nitrogens with two attached hydrogens (primary N) is 1. The zero-order valence-corrected chi connectivity index (χ0v) is 9.31. The highest BCUT2D eigenvalue weighted by Crippen LogP contribution is 2.40. The van der Waals surface area contributed by atoms with E-state index in [0.717, 1.165) is 13.8 Å². The molecule has 0 saturated heterocycles. The molecular weight excluding hydrogens is 227 g/mol. The van der Waals surface area contributed by atoms with E-state index in [1.807, 2.05) is 0 Å². The van der Waals surface area contributed by atoms with Crippen molar-refractivity contribution in [2.75, 3.05) is 13.8 Å². The fourth-order valence-electron chi connectivity index (χ4n) is 1.09. The number of nitrogens with one attached hydrogen (secondary N) is 2. The third-order valence-corrected chi connectivity index (χ3v) is 2.29. The lowest BCUT2D eigenvalue weighted by Crippen LogP contribution is -2.59. The number of ether oxygens (including phenoxy) is 1. The number of halogens is 3. The van der Waals surface area contributed by atoms with Gasteiger partial charge in [0, 0.05) is 7.11 Å². The topological polar surface area (TPSA) is 76.4 Å². The van der Waals surface area contributed by atoms with Crippen LogP contribution in [0.3, 0.4) is 0 Å². The Kier molecular flexibility index (Phi) is 5.17. The van der Waals surface area contributed by atoms with Gasteiger partial charge in [-0.2, -0.15) is 13.2 Å². The average Bonchev–Trinajstić information content (AvgIpc) is 2.15. The molecule has 0 unspecified atom stereocenters. The van der Waals surface area contributed by atoms with Crippen LogP contribution in [0.2, 0.25) is 0 Å². The van der Waals surface area contributed by atoms with E-state index < -0.39 is 23.5 Å². The number of hydrazine groups is 1. The number of rotatable bonds is 5. The van der Waals surface area contributed by atoms with Gasteiger partial charge in [0.1, 0.15) is 6.04 Å². The Balaban J connectivity index is 4.94. The Morgan fingerprint density at radius 2 is 1.94 bits per heavy atom. The van der Waals surface area contributed by atoms with Gasteiger partial charge in [-0.3, -0.25) is 15.5 Å². The minimum Gasteiger partial charge on any atom is -0.370 e. The maximum atomic E-state index is 12.7. The minimum atomic E-state index is -4.54. The second-order valence-electron chi connectivity index (χ2n) is 3.80. The zero-order chi connectivity index (χ0) is 13.0. The summed E-state index contributed by atoms with van der Waals surface area (Å²) >= 11 is 0. The lowest BCUT2D eigenvalue weighted by molar-refractivity contribution is -0.222. The van der Waals surface area contributed by atoms with Crippen LogP contribution in [0, 0.1) is 5.41 Å². The van der Waals surface area contributed by atoms with E-state index >= 15 is 0 Å². The van der Waals surface area contributed by atoms with E-state index in [-0.39, 0.29) is 6.73 Å². The molecule has 1 amide bonds. The van der Waals surface area contributed by atoms with Crippen LogP contribution in [-0.2, 0) is 9.53 Å². The molecule has 0 aromatic heterocycles. The molecule has 0 spiro atoms. The smallest absolute Gasteiger partial charge is 0.370 e. The van der Waals surface area contributed by atoms with Gasteiger partial charge in [-0.1, -0.05) is 0 Å². The Morgan fingerprint density at radius 3 is 2.25 bits per heavy atom. The monoisotopic (exact) mass is 243 g/mol. The summed E-state index contributed by atoms with van der Waals surface area (Å²) in [4.78, 5) is 11.3. The lowest BCUT2D eigenvalue weighted by Gasteiger charge is -2.35. The number of amides is 1. The molecule has 0 aliphatic rings. The second-order valence-corrected chi connectivity index (χ2v) is 3.80. The number of carbonyl (C=O) groups is 1. The van der Waals surface area contributed by atoms with E-state index in [1.54, 1.807) is 5.43 Å². The lowest BCUT2D eigenvalue weighted by atomic mass is 9.83. The molecule has 0 radical (unpaired) electrons. The van der Waals surface area contributed by atoms with Gasteiger partial charge >= 0.3 is 6.18 Å². The van der Waals surface area contributed by atoms with Crippen LogP contribution in [-0.4, -0.2) is 32.0 Å². The van der Waals surface area contributed by atoms with Gasteiger partial charge in [-0.05, 0) is 13.8 Å². The summed E-state index contributed by atoms with van der Waals surface area (Å²) in [7, 11) is 1.30. The van der Waals surface area contributed by atoms with Crippen molar-refractivity contribution in [2.24, 2.45) is 11.3 Å². The third kappa shape index (κ3) is 3.32. The Hall–Kier alpha value is -0.860. The molecule has 0 aromatic rings. The summed E-state index contributed by atoms with van der Waals surface area (Å²) in [6.45, 7) is 1.64. The van der Waals surface area contributed by atoms with Crippen molar-refractivity contribution in [1.29, 1.82) is 0 Å². The van der Waals surface area contributed by atoms with E-state index in [2.05, 4.69) is 10.1 Å². The van der Waals surface area contributed by atoms with Gasteiger partial charge in [-0.25, -0.2) is 5.84 Å². The summed E-state index contributed by atoms with van der Waals surface area (Å²) in [6.07, 6.45) is -4.54. The van der Waals surface area contributed by atoms with E-state index in [0.29, 0.717) is 0 Å². The summed E-state index contributed by atoms with van der Waals surface area (Å²) < 4.78 is 42.7. The second kappa shape index (κ2) is 5.46. The van der Waals surface area contributed by atoms with Crippen LogP contribution in [0.25, 0.3) is 0 Å². The number of methoxy groups -OCH3 is 1. The van der Waals surface area contributed by atoms with Crippen molar-refractivity contribution in [3.63, 3.8) is 0 Å². The summed E-state index contributed by atoms with van der Waals surface area (Å²) in [5, 5.41) is 2.33. The van der Waals surface area contributed by atoms with E-state index in [4.69, 9.17) is 5.84 Å². The van der Waals surface area contributed by atoms with Crippen LogP contribution in [0.5, 0.6) is 0 Å². The highest BCUT2D eigenvalue weighted by molar-refractivity contribution is 5.82. The maximum Gasteiger partial charge on any atom is 0.395 e. The maximum absolute atomic E-state index is 12.7. The van der Waals surface area contributed by atoms with Gasteiger partial charge in [-0.15, -0.1) is 0 Å². The molecule has 0 aromatic carbocycles. The molecule has 0 aliphatic carbocycles. The number of alkyl halides is 3. The molecule has 8 heteroatoms. The largest absolute Gasteiger partial charge is 0.395 e. The highest BCUT2D eigenvalue weighted by Gasteiger charge is 2.54. The molecule has 1 atom stereocenters. The molecule has 5 nitrogen and oxygen atoms in total. The first-order valence-electron chi connectivity index (χ1n) is 4.48. The van der Waals surface area contributed by atoms with Crippen molar-refractivity contribution < 1.29 is 22.7 Å². The summed E-state index contributed by atoms with van der Waals surface area (Å²) in [5.74, 6) is 3.89. The van der Waals surface area contributed by atoms with Crippen molar-refractivity contribution in [3.05, 3.63) is 0 Å². The molecule has 96 valence electrons. The Labute approximate surface area is 91.5 Å². The van der Waals surface area contributed by atoms with Gasteiger partial charge in [0.15, 0.2) is 0 Å². The zero-order valence-electron chi connectivity index (χ0n) is 9.31. The molecular formula is C8H16F3N3O2. The van der Waals surface area contributed by atoms with Crippen molar-refractivity contribution >= 4 is 5.91 Å². The van der Waals surface area contributed by atoms with Crippen LogP contribution < -0.4 is 16.6 Å². The first-order chi connectivity index (χ1) is 7.18. The van der Waals surface area contributed by atoms with Crippen LogP contribution >= 0.6 is 0 Å². The van der Waals surface area contributed by atoms with Gasteiger partial charge < -0.3 is 4.74 Å². The summed E-state index contributed by atoms with van der Waals surface area (Å²) in [5.41, 5.74) is -0.560. The van der Waals surface area contributed by atoms with Crippen molar-refractivity contribution in [1.82, 2.24) is 10.7 Å². The molecule has 0 rings (SSSR count). The average molecular weight is 243 g/mol. The molecule has 0 fully saturated rings. The van der Waals surface area contributed by atoms with Crippen LogP contribution in [0.4, 0.5) is 13.2 Å². The van der Waals surface area contributed by atoms with Gasteiger partial charge in [0.05, 0.1) is 12.1 Å². The first-order valence-corrected chi connectivity index (χ1v) is 4.48. The van der Waals surface area contributed by atoms with Gasteiger partial charge in [0.25, 0.3) is 5.91 Å². The minimum absolute atomic E-state index is 0.183. The number of hydrogen-bond donors (Lipinski definition) is 3.